The predicted molar refractivity (Wildman–Crippen MR) is 129 cm³/mol. The number of ether oxygens (including phenoxy) is 2. The predicted octanol–water partition coefficient (Wildman–Crippen LogP) is 3.99. The van der Waals surface area contributed by atoms with E-state index in [2.05, 4.69) is 15.6 Å². The van der Waals surface area contributed by atoms with Gasteiger partial charge in [0.15, 0.2) is 6.61 Å². The van der Waals surface area contributed by atoms with E-state index in [4.69, 9.17) is 9.47 Å². The van der Waals surface area contributed by atoms with Crippen LogP contribution in [0, 0.1) is 6.92 Å². The van der Waals surface area contributed by atoms with Gasteiger partial charge in [0.05, 0.1) is 5.69 Å². The minimum absolute atomic E-state index is 0.0508. The molecule has 0 bridgehead atoms. The number of hydrogen-bond acceptors (Lipinski definition) is 5. The maximum Gasteiger partial charge on any atom is 0.257 e. The van der Waals surface area contributed by atoms with E-state index in [0.29, 0.717) is 35.9 Å². The van der Waals surface area contributed by atoms with Crippen molar-refractivity contribution in [2.24, 2.45) is 0 Å². The molecule has 174 valence electrons. The first kappa shape index (κ1) is 22.8. The van der Waals surface area contributed by atoms with Crippen molar-refractivity contribution in [3.8, 4) is 11.5 Å². The zero-order valence-corrected chi connectivity index (χ0v) is 19.1. The van der Waals surface area contributed by atoms with Gasteiger partial charge in [-0.2, -0.15) is 0 Å². The lowest BCUT2D eigenvalue weighted by molar-refractivity contribution is -0.122. The maximum absolute atomic E-state index is 12.6. The van der Waals surface area contributed by atoms with Crippen LogP contribution >= 0.6 is 0 Å². The summed E-state index contributed by atoms with van der Waals surface area (Å²) < 4.78 is 13.2. The number of hydrogen-bond donors (Lipinski definition) is 2. The van der Waals surface area contributed by atoms with Crippen LogP contribution in [0.1, 0.15) is 28.5 Å². The molecule has 2 amide bonds. The molecule has 0 fully saturated rings. The highest BCUT2D eigenvalue weighted by Crippen LogP contribution is 2.19. The quantitative estimate of drug-likeness (QED) is 0.396. The van der Waals surface area contributed by atoms with Crippen molar-refractivity contribution in [3.05, 3.63) is 89.9 Å². The number of carbonyl (C=O) groups is 2. The zero-order chi connectivity index (χ0) is 23.9. The van der Waals surface area contributed by atoms with Gasteiger partial charge in [-0.1, -0.05) is 6.07 Å². The first-order valence-corrected chi connectivity index (χ1v) is 11.0. The largest absolute Gasteiger partial charge is 0.487 e. The number of benzene rings is 2. The van der Waals surface area contributed by atoms with Crippen LogP contribution < -0.4 is 20.1 Å². The summed E-state index contributed by atoms with van der Waals surface area (Å²) in [6.07, 6.45) is 3.90. The number of nitrogens with one attached hydrogen (secondary N) is 2. The number of fused-ring (bicyclic) bond motifs is 1. The maximum atomic E-state index is 12.6. The van der Waals surface area contributed by atoms with Crippen molar-refractivity contribution in [1.82, 2.24) is 14.7 Å². The first-order valence-electron chi connectivity index (χ1n) is 11.0. The first-order chi connectivity index (χ1) is 16.5. The summed E-state index contributed by atoms with van der Waals surface area (Å²) >= 11 is 0. The van der Waals surface area contributed by atoms with Gasteiger partial charge in [-0.25, -0.2) is 4.98 Å². The second kappa shape index (κ2) is 10.5. The van der Waals surface area contributed by atoms with Crippen LogP contribution in [0.5, 0.6) is 11.5 Å². The number of carbonyl (C=O) groups excluding carboxylic acids is 2. The highest BCUT2D eigenvalue weighted by atomic mass is 16.5. The summed E-state index contributed by atoms with van der Waals surface area (Å²) in [5, 5.41) is 5.51. The molecule has 0 saturated carbocycles. The fourth-order valence-electron chi connectivity index (χ4n) is 3.37. The molecule has 0 aliphatic carbocycles. The molecule has 2 aromatic carbocycles. The molecular formula is C26H26N4O4. The fourth-order valence-corrected chi connectivity index (χ4v) is 3.37. The van der Waals surface area contributed by atoms with Gasteiger partial charge in [-0.3, -0.25) is 9.59 Å². The number of aromatic nitrogens is 2. The van der Waals surface area contributed by atoms with Gasteiger partial charge in [0.2, 0.25) is 0 Å². The Balaban J connectivity index is 1.29. The average molecular weight is 459 g/mol. The van der Waals surface area contributed by atoms with Crippen LogP contribution in [0.3, 0.4) is 0 Å². The molecule has 0 radical (unpaired) electrons. The zero-order valence-electron chi connectivity index (χ0n) is 19.1. The topological polar surface area (TPSA) is 94.0 Å². The van der Waals surface area contributed by atoms with Gasteiger partial charge in [0.25, 0.3) is 11.8 Å². The molecule has 0 aliphatic rings. The molecule has 2 N–H and O–H groups in total. The van der Waals surface area contributed by atoms with Gasteiger partial charge in [-0.15, -0.1) is 0 Å². The summed E-state index contributed by atoms with van der Waals surface area (Å²) in [5.74, 6) is 0.782. The Bertz CT molecular complexity index is 1280. The highest BCUT2D eigenvalue weighted by molar-refractivity contribution is 6.04. The molecule has 4 rings (SSSR count). The molecule has 2 aromatic heterocycles. The Kier molecular flexibility index (Phi) is 7.07. The van der Waals surface area contributed by atoms with Crippen molar-refractivity contribution >= 4 is 23.1 Å². The van der Waals surface area contributed by atoms with Crippen LogP contribution in [0.15, 0.2) is 73.1 Å². The monoisotopic (exact) mass is 458 g/mol. The summed E-state index contributed by atoms with van der Waals surface area (Å²) in [5.41, 5.74) is 3.97. The summed E-state index contributed by atoms with van der Waals surface area (Å²) in [7, 11) is 0. The molecule has 0 atom stereocenters. The molecule has 4 aromatic rings. The van der Waals surface area contributed by atoms with E-state index in [1.165, 1.54) is 0 Å². The number of amides is 2. The summed E-state index contributed by atoms with van der Waals surface area (Å²) in [6.45, 7) is 4.71. The highest BCUT2D eigenvalue weighted by Gasteiger charge is 2.09. The van der Waals surface area contributed by atoms with Crippen LogP contribution in [-0.4, -0.2) is 34.4 Å². The number of nitrogens with zero attached hydrogens (tertiary/aromatic N) is 2. The molecule has 2 heterocycles. The molecule has 34 heavy (non-hydrogen) atoms. The number of aryl methyl sites for hydroxylation is 1. The van der Waals surface area contributed by atoms with E-state index < -0.39 is 0 Å². The van der Waals surface area contributed by atoms with Gasteiger partial charge in [0, 0.05) is 30.2 Å². The molecular weight excluding hydrogens is 432 g/mol. The Morgan fingerprint density at radius 2 is 1.68 bits per heavy atom. The molecule has 0 unspecified atom stereocenters. The van der Waals surface area contributed by atoms with Gasteiger partial charge in [-0.05, 0) is 74.0 Å². The molecule has 8 nitrogen and oxygen atoms in total. The van der Waals surface area contributed by atoms with Crippen molar-refractivity contribution in [3.63, 3.8) is 0 Å². The SMILES string of the molecule is CCNC(=O)COc1ccc(NC(=O)c2ccc(OCc3cn4cccc(C)c4n3)cc2)cc1. The number of likely N-dealkylation sites (N-methyl/N-ethyl adjacent to an activating group) is 1. The van der Waals surface area contributed by atoms with E-state index in [-0.39, 0.29) is 18.4 Å². The van der Waals surface area contributed by atoms with Crippen LogP contribution in [-0.2, 0) is 11.4 Å². The Hall–Kier alpha value is -4.33. The normalized spacial score (nSPS) is 10.6. The molecule has 8 heteroatoms. The van der Waals surface area contributed by atoms with Crippen molar-refractivity contribution in [2.75, 3.05) is 18.5 Å². The van der Waals surface area contributed by atoms with Gasteiger partial charge in [0.1, 0.15) is 23.8 Å². The Morgan fingerprint density at radius 1 is 0.971 bits per heavy atom. The molecule has 0 aliphatic heterocycles. The lowest BCUT2D eigenvalue weighted by Crippen LogP contribution is -2.28. The minimum Gasteiger partial charge on any atom is -0.487 e. The third-order valence-corrected chi connectivity index (χ3v) is 5.09. The smallest absolute Gasteiger partial charge is 0.257 e. The summed E-state index contributed by atoms with van der Waals surface area (Å²) in [6, 6.07) is 17.8. The van der Waals surface area contributed by atoms with E-state index in [9.17, 15) is 9.59 Å². The minimum atomic E-state index is -0.238. The van der Waals surface area contributed by atoms with Gasteiger partial charge < -0.3 is 24.5 Å². The second-order valence-corrected chi connectivity index (χ2v) is 7.69. The van der Waals surface area contributed by atoms with Crippen molar-refractivity contribution in [2.45, 2.75) is 20.5 Å². The van der Waals surface area contributed by atoms with E-state index >= 15 is 0 Å². The lowest BCUT2D eigenvalue weighted by atomic mass is 10.2. The van der Waals surface area contributed by atoms with Crippen LogP contribution in [0.25, 0.3) is 5.65 Å². The van der Waals surface area contributed by atoms with Gasteiger partial charge >= 0.3 is 0 Å². The summed E-state index contributed by atoms with van der Waals surface area (Å²) in [4.78, 5) is 28.6. The Morgan fingerprint density at radius 3 is 2.38 bits per heavy atom. The third-order valence-electron chi connectivity index (χ3n) is 5.09. The third kappa shape index (κ3) is 5.72. The van der Waals surface area contributed by atoms with E-state index in [0.717, 1.165) is 16.9 Å². The van der Waals surface area contributed by atoms with Crippen LogP contribution in [0.4, 0.5) is 5.69 Å². The van der Waals surface area contributed by atoms with Crippen molar-refractivity contribution < 1.29 is 19.1 Å². The average Bonchev–Trinajstić information content (AvgIpc) is 3.27. The van der Waals surface area contributed by atoms with E-state index in [1.807, 2.05) is 42.8 Å². The van der Waals surface area contributed by atoms with E-state index in [1.54, 1.807) is 48.5 Å². The fraction of sp³-hybridized carbons (Fsp3) is 0.192. The number of imidazole rings is 1. The number of anilines is 1. The molecule has 0 saturated heterocycles. The van der Waals surface area contributed by atoms with Crippen molar-refractivity contribution in [1.29, 1.82) is 0 Å². The number of rotatable bonds is 9. The van der Waals surface area contributed by atoms with Crippen LogP contribution in [0.2, 0.25) is 0 Å². The molecule has 0 spiro atoms. The second-order valence-electron chi connectivity index (χ2n) is 7.69. The standard InChI is InChI=1S/C26H26N4O4/c1-3-27-24(31)17-34-23-12-8-20(9-13-23)29-26(32)19-6-10-22(11-7-19)33-16-21-15-30-14-4-5-18(2)25(30)28-21/h4-15H,3,16-17H2,1-2H3,(H,27,31)(H,29,32). The lowest BCUT2D eigenvalue weighted by Gasteiger charge is -2.09. The number of pyridine rings is 1. The Labute approximate surface area is 197 Å².